The van der Waals surface area contributed by atoms with Crippen molar-refractivity contribution in [2.45, 2.75) is 6.61 Å². The molecule has 0 amide bonds. The van der Waals surface area contributed by atoms with Crippen molar-refractivity contribution in [3.63, 3.8) is 0 Å². The molecule has 1 N–H and O–H groups in total. The van der Waals surface area contributed by atoms with Crippen LogP contribution in [0, 0.1) is 10.1 Å². The summed E-state index contributed by atoms with van der Waals surface area (Å²) in [5, 5.41) is 21.8. The molecule has 0 aliphatic carbocycles. The number of ether oxygens (including phenoxy) is 2. The molecule has 3 rings (SSSR count). The molecule has 0 unspecified atom stereocenters. The summed E-state index contributed by atoms with van der Waals surface area (Å²) >= 11 is 4.78. The number of halogens is 1. The van der Waals surface area contributed by atoms with Gasteiger partial charge >= 0.3 is 5.97 Å². The van der Waals surface area contributed by atoms with E-state index in [0.717, 1.165) is 14.7 Å². The molecule has 0 bridgehead atoms. The van der Waals surface area contributed by atoms with E-state index in [2.05, 4.69) is 31.4 Å². The van der Waals surface area contributed by atoms with Gasteiger partial charge in [0.25, 0.3) is 17.5 Å². The molecule has 0 fully saturated rings. The Balaban J connectivity index is 1.71. The van der Waals surface area contributed by atoms with Crippen LogP contribution in [0.2, 0.25) is 0 Å². The van der Waals surface area contributed by atoms with Crippen LogP contribution in [0.4, 0.5) is 11.4 Å². The van der Waals surface area contributed by atoms with Crippen LogP contribution in [-0.4, -0.2) is 41.4 Å². The van der Waals surface area contributed by atoms with Crippen LogP contribution in [0.15, 0.2) is 38.5 Å². The number of hydrogen-bond acceptors (Lipinski definition) is 10. The van der Waals surface area contributed by atoms with Crippen molar-refractivity contribution in [1.29, 1.82) is 0 Å². The number of hydrogen-bond donors (Lipinski definition) is 1. The summed E-state index contributed by atoms with van der Waals surface area (Å²) in [5.41, 5.74) is 0.196. The SMILES string of the molecule is COCCNc1ccc([N+](=O)[O-])cc1C(=O)OCc1nnc(-c2ccc(Br)s2)o1. The van der Waals surface area contributed by atoms with E-state index in [9.17, 15) is 14.9 Å². The van der Waals surface area contributed by atoms with Gasteiger partial charge in [-0.2, -0.15) is 0 Å². The predicted octanol–water partition coefficient (Wildman–Crippen LogP) is 3.88. The number of carbonyl (C=O) groups excluding carboxylic acids is 1. The summed E-state index contributed by atoms with van der Waals surface area (Å²) in [6.45, 7) is 0.547. The summed E-state index contributed by atoms with van der Waals surface area (Å²) in [7, 11) is 1.54. The minimum Gasteiger partial charge on any atom is -0.452 e. The van der Waals surface area contributed by atoms with Gasteiger partial charge in [0.2, 0.25) is 0 Å². The highest BCUT2D eigenvalue weighted by Crippen LogP contribution is 2.30. The van der Waals surface area contributed by atoms with Crippen molar-refractivity contribution in [2.75, 3.05) is 25.6 Å². The lowest BCUT2D eigenvalue weighted by Gasteiger charge is -2.11. The third-order valence-electron chi connectivity index (χ3n) is 3.63. The van der Waals surface area contributed by atoms with E-state index in [4.69, 9.17) is 13.9 Å². The van der Waals surface area contributed by atoms with E-state index in [1.54, 1.807) is 7.11 Å². The second kappa shape index (κ2) is 9.58. The summed E-state index contributed by atoms with van der Waals surface area (Å²) in [4.78, 5) is 23.7. The molecule has 0 aliphatic rings. The van der Waals surface area contributed by atoms with Crippen LogP contribution in [0.1, 0.15) is 16.2 Å². The maximum Gasteiger partial charge on any atom is 0.341 e. The van der Waals surface area contributed by atoms with E-state index in [1.165, 1.54) is 23.5 Å². The number of thiophene rings is 1. The molecule has 0 aliphatic heterocycles. The fourth-order valence-electron chi connectivity index (χ4n) is 2.30. The fourth-order valence-corrected chi connectivity index (χ4v) is 3.61. The molecular weight excluding hydrogens is 468 g/mol. The summed E-state index contributed by atoms with van der Waals surface area (Å²) in [6, 6.07) is 7.57. The largest absolute Gasteiger partial charge is 0.452 e. The Morgan fingerprint density at radius 2 is 2.17 bits per heavy atom. The van der Waals surface area contributed by atoms with E-state index in [0.29, 0.717) is 24.7 Å². The van der Waals surface area contributed by atoms with Gasteiger partial charge in [0, 0.05) is 31.5 Å². The second-order valence-corrected chi connectivity index (χ2v) is 8.05. The zero-order chi connectivity index (χ0) is 20.8. The normalized spacial score (nSPS) is 10.7. The number of anilines is 1. The van der Waals surface area contributed by atoms with Crippen molar-refractivity contribution in [2.24, 2.45) is 0 Å². The smallest absolute Gasteiger partial charge is 0.341 e. The number of nitro benzene ring substituents is 1. The molecule has 2 aromatic heterocycles. The molecule has 152 valence electrons. The molecule has 0 spiro atoms. The Morgan fingerprint density at radius 3 is 2.86 bits per heavy atom. The van der Waals surface area contributed by atoms with E-state index < -0.39 is 10.9 Å². The highest BCUT2D eigenvalue weighted by Gasteiger charge is 2.19. The maximum absolute atomic E-state index is 12.5. The fraction of sp³-hybridized carbons (Fsp3) is 0.235. The zero-order valence-corrected chi connectivity index (χ0v) is 17.5. The first-order chi connectivity index (χ1) is 14.0. The van der Waals surface area contributed by atoms with Gasteiger partial charge in [-0.15, -0.1) is 21.5 Å². The molecule has 3 aromatic rings. The van der Waals surface area contributed by atoms with E-state index >= 15 is 0 Å². The highest BCUT2D eigenvalue weighted by molar-refractivity contribution is 9.11. The van der Waals surface area contributed by atoms with Gasteiger partial charge in [-0.1, -0.05) is 0 Å². The maximum atomic E-state index is 12.5. The third-order valence-corrected chi connectivity index (χ3v) is 5.24. The second-order valence-electron chi connectivity index (χ2n) is 5.59. The summed E-state index contributed by atoms with van der Waals surface area (Å²) in [6.07, 6.45) is 0. The zero-order valence-electron chi connectivity index (χ0n) is 15.1. The highest BCUT2D eigenvalue weighted by atomic mass is 79.9. The van der Waals surface area contributed by atoms with Crippen LogP contribution in [0.5, 0.6) is 0 Å². The Hall–Kier alpha value is -2.83. The van der Waals surface area contributed by atoms with Crippen molar-refractivity contribution < 1.29 is 23.6 Å². The Morgan fingerprint density at radius 1 is 1.34 bits per heavy atom. The lowest BCUT2D eigenvalue weighted by molar-refractivity contribution is -0.384. The number of esters is 1. The number of benzene rings is 1. The number of rotatable bonds is 9. The van der Waals surface area contributed by atoms with Crippen molar-refractivity contribution in [3.05, 3.63) is 55.7 Å². The first-order valence-electron chi connectivity index (χ1n) is 8.24. The average Bonchev–Trinajstić information content (AvgIpc) is 3.35. The molecule has 0 saturated heterocycles. The minimum atomic E-state index is -0.757. The van der Waals surface area contributed by atoms with Crippen LogP contribution in [0.25, 0.3) is 10.8 Å². The number of aromatic nitrogens is 2. The molecule has 10 nitrogen and oxygen atoms in total. The van der Waals surface area contributed by atoms with Gasteiger partial charge in [0.15, 0.2) is 6.61 Å². The summed E-state index contributed by atoms with van der Waals surface area (Å²) in [5.74, 6) is -0.339. The Labute approximate surface area is 177 Å². The first kappa shape index (κ1) is 20.9. The first-order valence-corrected chi connectivity index (χ1v) is 9.85. The molecule has 1 aromatic carbocycles. The summed E-state index contributed by atoms with van der Waals surface area (Å²) < 4.78 is 16.6. The van der Waals surface area contributed by atoms with Crippen molar-refractivity contribution >= 4 is 44.6 Å². The molecule has 29 heavy (non-hydrogen) atoms. The van der Waals surface area contributed by atoms with Crippen LogP contribution >= 0.6 is 27.3 Å². The van der Waals surface area contributed by atoms with Gasteiger partial charge in [-0.25, -0.2) is 4.79 Å². The number of carbonyl (C=O) groups is 1. The standard InChI is InChI=1S/C17H15BrN4O6S/c1-26-7-6-19-12-3-2-10(22(24)25)8-11(12)17(23)27-9-15-20-21-16(28-15)13-4-5-14(18)29-13/h2-5,8,19H,6-7,9H2,1H3. The van der Waals surface area contributed by atoms with Crippen LogP contribution < -0.4 is 5.32 Å². The molecule has 0 radical (unpaired) electrons. The minimum absolute atomic E-state index is 0.0252. The van der Waals surface area contributed by atoms with Gasteiger partial charge in [-0.05, 0) is 34.1 Å². The number of methoxy groups -OCH3 is 1. The number of non-ortho nitro benzene ring substituents is 1. The van der Waals surface area contributed by atoms with Crippen molar-refractivity contribution in [3.8, 4) is 10.8 Å². The van der Waals surface area contributed by atoms with Gasteiger partial charge in [-0.3, -0.25) is 10.1 Å². The van der Waals surface area contributed by atoms with E-state index in [1.807, 2.05) is 12.1 Å². The number of nitro groups is 1. The quantitative estimate of drug-likeness (QED) is 0.209. The van der Waals surface area contributed by atoms with Gasteiger partial charge < -0.3 is 19.2 Å². The van der Waals surface area contributed by atoms with Crippen molar-refractivity contribution in [1.82, 2.24) is 10.2 Å². The lowest BCUT2D eigenvalue weighted by atomic mass is 10.1. The number of nitrogens with one attached hydrogen (secondary N) is 1. The van der Waals surface area contributed by atoms with Crippen LogP contribution in [0.3, 0.4) is 0 Å². The topological polar surface area (TPSA) is 130 Å². The lowest BCUT2D eigenvalue weighted by Crippen LogP contribution is -2.13. The molecule has 0 saturated carbocycles. The Bertz CT molecular complexity index is 1020. The predicted molar refractivity (Wildman–Crippen MR) is 108 cm³/mol. The Kier molecular flexibility index (Phi) is 6.90. The van der Waals surface area contributed by atoms with Crippen LogP contribution in [-0.2, 0) is 16.1 Å². The number of nitrogens with zero attached hydrogens (tertiary/aromatic N) is 3. The van der Waals surface area contributed by atoms with Gasteiger partial charge in [0.05, 0.1) is 25.8 Å². The molecule has 2 heterocycles. The third kappa shape index (κ3) is 5.37. The molecule has 12 heteroatoms. The molecule has 0 atom stereocenters. The van der Waals surface area contributed by atoms with E-state index in [-0.39, 0.29) is 23.7 Å². The average molecular weight is 483 g/mol. The van der Waals surface area contributed by atoms with Gasteiger partial charge in [0.1, 0.15) is 0 Å². The monoisotopic (exact) mass is 482 g/mol. The molecular formula is C17H15BrN4O6S.